The van der Waals surface area contributed by atoms with Gasteiger partial charge in [0.2, 0.25) is 0 Å². The molecule has 1 aliphatic heterocycles. The molecular formula is C20H36N2OSi. The zero-order chi connectivity index (χ0) is 17.8. The fourth-order valence-electron chi connectivity index (χ4n) is 3.00. The number of hydrogen-bond donors (Lipinski definition) is 0. The van der Waals surface area contributed by atoms with Crippen LogP contribution in [0.5, 0.6) is 0 Å². The van der Waals surface area contributed by atoms with Crippen molar-refractivity contribution in [3.8, 4) is 0 Å². The molecule has 1 heterocycles. The first kappa shape index (κ1) is 19.6. The van der Waals surface area contributed by atoms with Crippen LogP contribution < -0.4 is 0 Å². The van der Waals surface area contributed by atoms with Gasteiger partial charge in [0.15, 0.2) is 8.32 Å². The molecule has 1 aliphatic rings. The summed E-state index contributed by atoms with van der Waals surface area (Å²) in [7, 11) is 0.643. The number of likely N-dealkylation sites (tertiary alicyclic amines) is 1. The lowest BCUT2D eigenvalue weighted by molar-refractivity contribution is 0.179. The number of rotatable bonds is 7. The molecule has 0 aromatic heterocycles. The van der Waals surface area contributed by atoms with Gasteiger partial charge in [-0.25, -0.2) is 0 Å². The topological polar surface area (TPSA) is 15.7 Å². The Morgan fingerprint density at radius 1 is 1.21 bits per heavy atom. The summed E-state index contributed by atoms with van der Waals surface area (Å²) in [5, 5.41) is 0.297. The number of benzene rings is 1. The summed E-state index contributed by atoms with van der Waals surface area (Å²) >= 11 is 0. The summed E-state index contributed by atoms with van der Waals surface area (Å²) in [6.45, 7) is 16.9. The summed E-state index contributed by atoms with van der Waals surface area (Å²) in [6, 6.07) is 11.5. The van der Waals surface area contributed by atoms with E-state index in [-0.39, 0.29) is 0 Å². The van der Waals surface area contributed by atoms with Gasteiger partial charge in [0, 0.05) is 38.8 Å². The average molecular weight is 349 g/mol. The van der Waals surface area contributed by atoms with Crippen molar-refractivity contribution in [3.05, 3.63) is 35.9 Å². The lowest BCUT2D eigenvalue weighted by Crippen LogP contribution is -2.43. The molecule has 3 nitrogen and oxygen atoms in total. The largest absolute Gasteiger partial charge is 0.416 e. The van der Waals surface area contributed by atoms with Crippen molar-refractivity contribution in [1.82, 2.24) is 9.80 Å². The Hall–Kier alpha value is -0.683. The van der Waals surface area contributed by atoms with Crippen molar-refractivity contribution in [2.45, 2.75) is 57.9 Å². The van der Waals surface area contributed by atoms with E-state index in [1.807, 2.05) is 0 Å². The quantitative estimate of drug-likeness (QED) is 0.686. The SMILES string of the molecule is CN(CCO[Si](C)(C)C(C)(C)C)[C@H]1CCN(Cc2ccccc2)C1. The van der Waals surface area contributed by atoms with Crippen molar-refractivity contribution >= 4 is 8.32 Å². The van der Waals surface area contributed by atoms with Gasteiger partial charge < -0.3 is 4.43 Å². The van der Waals surface area contributed by atoms with E-state index in [1.54, 1.807) is 0 Å². The van der Waals surface area contributed by atoms with Gasteiger partial charge in [0.25, 0.3) is 0 Å². The van der Waals surface area contributed by atoms with Crippen LogP contribution in [0.25, 0.3) is 0 Å². The molecular weight excluding hydrogens is 312 g/mol. The highest BCUT2D eigenvalue weighted by molar-refractivity contribution is 6.74. The highest BCUT2D eigenvalue weighted by atomic mass is 28.4. The van der Waals surface area contributed by atoms with Crippen molar-refractivity contribution in [3.63, 3.8) is 0 Å². The maximum absolute atomic E-state index is 6.33. The molecule has 4 heteroatoms. The zero-order valence-corrected chi connectivity index (χ0v) is 17.5. The number of hydrogen-bond acceptors (Lipinski definition) is 3. The Morgan fingerprint density at radius 3 is 2.50 bits per heavy atom. The van der Waals surface area contributed by atoms with E-state index in [4.69, 9.17) is 4.43 Å². The summed E-state index contributed by atoms with van der Waals surface area (Å²) in [6.07, 6.45) is 1.27. The third-order valence-electron chi connectivity index (χ3n) is 5.83. The third kappa shape index (κ3) is 5.41. The average Bonchev–Trinajstić information content (AvgIpc) is 2.95. The normalized spacial score (nSPS) is 20.0. The molecule has 0 radical (unpaired) electrons. The van der Waals surface area contributed by atoms with Gasteiger partial charge >= 0.3 is 0 Å². The molecule has 2 rings (SSSR count). The first-order valence-electron chi connectivity index (χ1n) is 9.29. The molecule has 1 atom stereocenters. The Morgan fingerprint density at radius 2 is 1.88 bits per heavy atom. The minimum absolute atomic E-state index is 0.297. The summed E-state index contributed by atoms with van der Waals surface area (Å²) < 4.78 is 6.33. The van der Waals surface area contributed by atoms with Crippen LogP contribution in [0.4, 0.5) is 0 Å². The van der Waals surface area contributed by atoms with E-state index >= 15 is 0 Å². The Kier molecular flexibility index (Phi) is 6.65. The monoisotopic (exact) mass is 348 g/mol. The van der Waals surface area contributed by atoms with Crippen molar-refractivity contribution in [1.29, 1.82) is 0 Å². The van der Waals surface area contributed by atoms with Crippen LogP contribution in [-0.2, 0) is 11.0 Å². The predicted octanol–water partition coefficient (Wildman–Crippen LogP) is 4.21. The Labute approximate surface area is 150 Å². The highest BCUT2D eigenvalue weighted by Crippen LogP contribution is 2.36. The second kappa shape index (κ2) is 8.13. The zero-order valence-electron chi connectivity index (χ0n) is 16.5. The van der Waals surface area contributed by atoms with Gasteiger partial charge in [0.1, 0.15) is 0 Å². The van der Waals surface area contributed by atoms with Gasteiger partial charge in [-0.3, -0.25) is 9.80 Å². The van der Waals surface area contributed by atoms with E-state index < -0.39 is 8.32 Å². The smallest absolute Gasteiger partial charge is 0.192 e. The number of nitrogens with zero attached hydrogens (tertiary/aromatic N) is 2. The van der Waals surface area contributed by atoms with Crippen LogP contribution >= 0.6 is 0 Å². The second-order valence-electron chi connectivity index (χ2n) is 8.75. The molecule has 0 aliphatic carbocycles. The minimum Gasteiger partial charge on any atom is -0.416 e. The van der Waals surface area contributed by atoms with E-state index in [2.05, 4.69) is 81.0 Å². The van der Waals surface area contributed by atoms with Crippen molar-refractivity contribution in [2.75, 3.05) is 33.3 Å². The predicted molar refractivity (Wildman–Crippen MR) is 106 cm³/mol. The standard InChI is InChI=1S/C20H36N2OSi/c1-20(2,3)24(5,6)23-15-14-21(4)19-12-13-22(17-19)16-18-10-8-7-9-11-18/h7-11,19H,12-17H2,1-6H3/t19-/m0/s1. The molecule has 1 fully saturated rings. The van der Waals surface area contributed by atoms with Crippen LogP contribution in [0, 0.1) is 0 Å². The van der Waals surface area contributed by atoms with Crippen LogP contribution in [-0.4, -0.2) is 57.4 Å². The van der Waals surface area contributed by atoms with Crippen LogP contribution in [0.15, 0.2) is 30.3 Å². The lowest BCUT2D eigenvalue weighted by Gasteiger charge is -2.37. The van der Waals surface area contributed by atoms with E-state index in [0.29, 0.717) is 11.1 Å². The summed E-state index contributed by atoms with van der Waals surface area (Å²) in [5.74, 6) is 0. The molecule has 136 valence electrons. The fourth-order valence-corrected chi connectivity index (χ4v) is 4.04. The van der Waals surface area contributed by atoms with E-state index in [1.165, 1.54) is 25.1 Å². The number of likely N-dealkylation sites (N-methyl/N-ethyl adjacent to an activating group) is 1. The fraction of sp³-hybridized carbons (Fsp3) is 0.700. The van der Waals surface area contributed by atoms with Crippen LogP contribution in [0.3, 0.4) is 0 Å². The Bertz CT molecular complexity index is 498. The summed E-state index contributed by atoms with van der Waals surface area (Å²) in [5.41, 5.74) is 1.42. The van der Waals surface area contributed by atoms with Gasteiger partial charge in [-0.1, -0.05) is 51.1 Å². The van der Waals surface area contributed by atoms with Gasteiger partial charge in [-0.05, 0) is 37.2 Å². The van der Waals surface area contributed by atoms with Crippen molar-refractivity contribution < 1.29 is 4.43 Å². The van der Waals surface area contributed by atoms with Gasteiger partial charge in [-0.15, -0.1) is 0 Å². The van der Waals surface area contributed by atoms with Crippen molar-refractivity contribution in [2.24, 2.45) is 0 Å². The molecule has 0 saturated carbocycles. The first-order chi connectivity index (χ1) is 11.2. The maximum atomic E-state index is 6.33. The lowest BCUT2D eigenvalue weighted by atomic mass is 10.2. The molecule has 24 heavy (non-hydrogen) atoms. The van der Waals surface area contributed by atoms with Crippen LogP contribution in [0.2, 0.25) is 18.1 Å². The molecule has 0 spiro atoms. The van der Waals surface area contributed by atoms with Gasteiger partial charge in [-0.2, -0.15) is 0 Å². The van der Waals surface area contributed by atoms with E-state index in [9.17, 15) is 0 Å². The van der Waals surface area contributed by atoms with E-state index in [0.717, 1.165) is 19.7 Å². The molecule has 0 N–H and O–H groups in total. The van der Waals surface area contributed by atoms with Crippen LogP contribution in [0.1, 0.15) is 32.8 Å². The third-order valence-corrected chi connectivity index (χ3v) is 10.4. The first-order valence-corrected chi connectivity index (χ1v) is 12.2. The molecule has 0 bridgehead atoms. The second-order valence-corrected chi connectivity index (χ2v) is 13.6. The molecule has 0 amide bonds. The summed E-state index contributed by atoms with van der Waals surface area (Å²) in [4.78, 5) is 5.07. The van der Waals surface area contributed by atoms with Gasteiger partial charge in [0.05, 0.1) is 0 Å². The Balaban J connectivity index is 1.73. The molecule has 1 saturated heterocycles. The maximum Gasteiger partial charge on any atom is 0.192 e. The highest BCUT2D eigenvalue weighted by Gasteiger charge is 2.37. The molecule has 1 aromatic carbocycles. The minimum atomic E-state index is -1.61. The molecule has 0 unspecified atom stereocenters. The molecule has 1 aromatic rings.